The number of thioether (sulfide) groups is 1. The van der Waals surface area contributed by atoms with E-state index in [1.54, 1.807) is 48.5 Å². The van der Waals surface area contributed by atoms with Crippen molar-refractivity contribution in [1.29, 1.82) is 0 Å². The number of imide groups is 1. The van der Waals surface area contributed by atoms with Crippen molar-refractivity contribution in [3.63, 3.8) is 0 Å². The topological polar surface area (TPSA) is 84.9 Å². The molecule has 1 saturated heterocycles. The standard InChI is InChI=1S/C20H17ClN2O5S/c1-27-16-8-7-14(10-15(16)21)22-11-23-18(24)17(29-20(23)26)9-12-3-5-13(6-4-12)19(25)28-2/h3-10,22H,11H2,1-2H3. The van der Waals surface area contributed by atoms with E-state index in [-0.39, 0.29) is 11.9 Å². The molecule has 0 saturated carbocycles. The molecule has 9 heteroatoms. The molecule has 0 aliphatic carbocycles. The summed E-state index contributed by atoms with van der Waals surface area (Å²) in [5.41, 5.74) is 1.75. The monoisotopic (exact) mass is 432 g/mol. The zero-order chi connectivity index (χ0) is 21.0. The fourth-order valence-corrected chi connectivity index (χ4v) is 3.66. The summed E-state index contributed by atoms with van der Waals surface area (Å²) in [7, 11) is 2.82. The van der Waals surface area contributed by atoms with Crippen LogP contribution in [0.1, 0.15) is 15.9 Å². The van der Waals surface area contributed by atoms with Crippen molar-refractivity contribution in [2.45, 2.75) is 0 Å². The Kier molecular flexibility index (Phi) is 6.46. The number of hydrogen-bond donors (Lipinski definition) is 1. The minimum Gasteiger partial charge on any atom is -0.495 e. The van der Waals surface area contributed by atoms with E-state index >= 15 is 0 Å². The van der Waals surface area contributed by atoms with Gasteiger partial charge in [0, 0.05) is 5.69 Å². The molecule has 0 aromatic heterocycles. The molecule has 29 heavy (non-hydrogen) atoms. The first kappa shape index (κ1) is 20.8. The van der Waals surface area contributed by atoms with Gasteiger partial charge >= 0.3 is 5.97 Å². The number of hydrogen-bond acceptors (Lipinski definition) is 7. The van der Waals surface area contributed by atoms with E-state index in [9.17, 15) is 14.4 Å². The highest BCUT2D eigenvalue weighted by molar-refractivity contribution is 8.18. The summed E-state index contributed by atoms with van der Waals surface area (Å²) in [6.45, 7) is 0.00590. The second-order valence-electron chi connectivity index (χ2n) is 5.91. The normalized spacial score (nSPS) is 15.0. The second kappa shape index (κ2) is 9.02. The summed E-state index contributed by atoms with van der Waals surface area (Å²) in [4.78, 5) is 37.7. The predicted molar refractivity (Wildman–Crippen MR) is 112 cm³/mol. The van der Waals surface area contributed by atoms with Gasteiger partial charge in [-0.25, -0.2) is 4.79 Å². The zero-order valence-corrected chi connectivity index (χ0v) is 17.2. The van der Waals surface area contributed by atoms with Crippen molar-refractivity contribution in [2.24, 2.45) is 0 Å². The number of esters is 1. The molecule has 1 N–H and O–H groups in total. The molecule has 0 unspecified atom stereocenters. The Bertz CT molecular complexity index is 991. The molecule has 0 spiro atoms. The van der Waals surface area contributed by atoms with Gasteiger partial charge in [-0.15, -0.1) is 0 Å². The van der Waals surface area contributed by atoms with Crippen LogP contribution in [-0.4, -0.2) is 42.9 Å². The largest absolute Gasteiger partial charge is 0.495 e. The van der Waals surface area contributed by atoms with Crippen LogP contribution in [-0.2, 0) is 9.53 Å². The molecule has 1 heterocycles. The third-order valence-corrected chi connectivity index (χ3v) is 5.30. The minimum atomic E-state index is -0.443. The van der Waals surface area contributed by atoms with Gasteiger partial charge in [0.05, 0.1) is 36.4 Å². The van der Waals surface area contributed by atoms with Gasteiger partial charge in [-0.1, -0.05) is 23.7 Å². The number of halogens is 1. The van der Waals surface area contributed by atoms with Gasteiger partial charge < -0.3 is 14.8 Å². The van der Waals surface area contributed by atoms with E-state index in [2.05, 4.69) is 10.1 Å². The quantitative estimate of drug-likeness (QED) is 0.539. The minimum absolute atomic E-state index is 0.00590. The fourth-order valence-electron chi connectivity index (χ4n) is 2.57. The van der Waals surface area contributed by atoms with Crippen LogP contribution in [0.15, 0.2) is 47.4 Å². The Hall–Kier alpha value is -2.97. The average molecular weight is 433 g/mol. The Morgan fingerprint density at radius 3 is 2.52 bits per heavy atom. The predicted octanol–water partition coefficient (Wildman–Crippen LogP) is 4.24. The van der Waals surface area contributed by atoms with Gasteiger partial charge in [-0.2, -0.15) is 0 Å². The number of rotatable bonds is 6. The van der Waals surface area contributed by atoms with E-state index in [1.165, 1.54) is 14.2 Å². The number of ether oxygens (including phenoxy) is 2. The lowest BCUT2D eigenvalue weighted by Gasteiger charge is -2.15. The molecule has 150 valence electrons. The number of anilines is 1. The Balaban J connectivity index is 1.68. The van der Waals surface area contributed by atoms with Crippen molar-refractivity contribution in [3.05, 3.63) is 63.5 Å². The summed E-state index contributed by atoms with van der Waals surface area (Å²) < 4.78 is 9.75. The summed E-state index contributed by atoms with van der Waals surface area (Å²) in [5, 5.41) is 3.05. The first-order valence-electron chi connectivity index (χ1n) is 8.44. The zero-order valence-electron chi connectivity index (χ0n) is 15.6. The number of nitrogens with zero attached hydrogens (tertiary/aromatic N) is 1. The maximum atomic E-state index is 12.6. The number of methoxy groups -OCH3 is 2. The van der Waals surface area contributed by atoms with Gasteiger partial charge in [0.1, 0.15) is 5.75 Å². The molecule has 0 bridgehead atoms. The molecule has 2 amide bonds. The maximum Gasteiger partial charge on any atom is 0.337 e. The Labute approximate surface area is 176 Å². The van der Waals surface area contributed by atoms with Crippen molar-refractivity contribution in [2.75, 3.05) is 26.2 Å². The van der Waals surface area contributed by atoms with E-state index in [0.717, 1.165) is 16.7 Å². The highest BCUT2D eigenvalue weighted by Gasteiger charge is 2.34. The number of amides is 2. The van der Waals surface area contributed by atoms with Crippen LogP contribution < -0.4 is 10.1 Å². The molecule has 1 fully saturated rings. The van der Waals surface area contributed by atoms with Crippen LogP contribution in [0.5, 0.6) is 5.75 Å². The summed E-state index contributed by atoms with van der Waals surface area (Å²) >= 11 is 6.94. The number of carbonyl (C=O) groups is 3. The maximum absolute atomic E-state index is 12.6. The fraction of sp³-hybridized carbons (Fsp3) is 0.150. The van der Waals surface area contributed by atoms with Crippen LogP contribution in [0.4, 0.5) is 10.5 Å². The van der Waals surface area contributed by atoms with E-state index < -0.39 is 11.9 Å². The Morgan fingerprint density at radius 2 is 1.90 bits per heavy atom. The van der Waals surface area contributed by atoms with Crippen LogP contribution in [0.25, 0.3) is 6.08 Å². The van der Waals surface area contributed by atoms with Crippen molar-refractivity contribution in [1.82, 2.24) is 4.90 Å². The third-order valence-electron chi connectivity index (χ3n) is 4.10. The van der Waals surface area contributed by atoms with E-state index in [1.807, 2.05) is 0 Å². The lowest BCUT2D eigenvalue weighted by Crippen LogP contribution is -2.33. The molecule has 2 aromatic carbocycles. The number of nitrogens with one attached hydrogen (secondary N) is 1. The van der Waals surface area contributed by atoms with Gasteiger partial charge in [-0.3, -0.25) is 14.5 Å². The van der Waals surface area contributed by atoms with Crippen LogP contribution in [0, 0.1) is 0 Å². The van der Waals surface area contributed by atoms with Crippen molar-refractivity contribution in [3.8, 4) is 5.75 Å². The third kappa shape index (κ3) is 4.72. The van der Waals surface area contributed by atoms with E-state index in [0.29, 0.717) is 32.5 Å². The van der Waals surface area contributed by atoms with Gasteiger partial charge in [0.15, 0.2) is 0 Å². The molecular weight excluding hydrogens is 416 g/mol. The van der Waals surface area contributed by atoms with Gasteiger partial charge in [0.25, 0.3) is 11.1 Å². The molecule has 1 aliphatic rings. The Morgan fingerprint density at radius 1 is 1.17 bits per heavy atom. The lowest BCUT2D eigenvalue weighted by molar-refractivity contribution is -0.122. The molecule has 0 radical (unpaired) electrons. The van der Waals surface area contributed by atoms with Crippen molar-refractivity contribution < 1.29 is 23.9 Å². The smallest absolute Gasteiger partial charge is 0.337 e. The average Bonchev–Trinajstić information content (AvgIpc) is 2.99. The van der Waals surface area contributed by atoms with Crippen molar-refractivity contribution >= 4 is 52.2 Å². The second-order valence-corrected chi connectivity index (χ2v) is 7.31. The molecule has 1 aliphatic heterocycles. The molecule has 3 rings (SSSR count). The van der Waals surface area contributed by atoms with Gasteiger partial charge in [0.2, 0.25) is 0 Å². The lowest BCUT2D eigenvalue weighted by atomic mass is 10.1. The van der Waals surface area contributed by atoms with Crippen LogP contribution in [0.3, 0.4) is 0 Å². The summed E-state index contributed by atoms with van der Waals surface area (Å²) in [6, 6.07) is 11.6. The summed E-state index contributed by atoms with van der Waals surface area (Å²) in [6.07, 6.45) is 1.61. The number of carbonyl (C=O) groups excluding carboxylic acids is 3. The van der Waals surface area contributed by atoms with Crippen LogP contribution >= 0.6 is 23.4 Å². The first-order valence-corrected chi connectivity index (χ1v) is 9.63. The number of benzene rings is 2. The molecular formula is C20H17ClN2O5S. The van der Waals surface area contributed by atoms with Crippen LogP contribution in [0.2, 0.25) is 5.02 Å². The highest BCUT2D eigenvalue weighted by atomic mass is 35.5. The van der Waals surface area contributed by atoms with E-state index in [4.69, 9.17) is 16.3 Å². The molecule has 0 atom stereocenters. The first-order chi connectivity index (χ1) is 13.9. The molecule has 7 nitrogen and oxygen atoms in total. The molecule has 2 aromatic rings. The summed E-state index contributed by atoms with van der Waals surface area (Å²) in [5.74, 6) is -0.310. The van der Waals surface area contributed by atoms with Gasteiger partial charge in [-0.05, 0) is 53.7 Å². The SMILES string of the molecule is COC(=O)c1ccc(C=C2SC(=O)N(CNc3ccc(OC)c(Cl)c3)C2=O)cc1. The highest BCUT2D eigenvalue weighted by Crippen LogP contribution is 2.32.